The molecule has 4 rings (SSSR count). The van der Waals surface area contributed by atoms with Gasteiger partial charge < -0.3 is 25.8 Å². The summed E-state index contributed by atoms with van der Waals surface area (Å²) < 4.78 is 10.7. The normalized spacial score (nSPS) is 10.6. The Morgan fingerprint density at radius 3 is 2.44 bits per heavy atom. The van der Waals surface area contributed by atoms with Gasteiger partial charge in [-0.25, -0.2) is 15.0 Å². The average Bonchev–Trinajstić information content (AvgIpc) is 2.82. The quantitative estimate of drug-likeness (QED) is 0.407. The average molecular weight is 430 g/mol. The molecule has 0 aliphatic heterocycles. The molecule has 32 heavy (non-hydrogen) atoms. The maximum absolute atomic E-state index is 12.4. The lowest BCUT2D eigenvalue weighted by Crippen LogP contribution is -2.12. The van der Waals surface area contributed by atoms with Crippen molar-refractivity contribution in [3.8, 4) is 11.5 Å². The van der Waals surface area contributed by atoms with Crippen LogP contribution in [0.4, 0.5) is 17.3 Å². The molecule has 4 aromatic rings. The van der Waals surface area contributed by atoms with Gasteiger partial charge in [0.1, 0.15) is 18.0 Å². The Balaban J connectivity index is 1.46. The minimum absolute atomic E-state index is 0.224. The number of ether oxygens (including phenoxy) is 2. The lowest BCUT2D eigenvalue weighted by Gasteiger charge is -2.12. The van der Waals surface area contributed by atoms with Crippen LogP contribution in [-0.4, -0.2) is 35.1 Å². The molecule has 162 valence electrons. The van der Waals surface area contributed by atoms with Crippen LogP contribution in [0.2, 0.25) is 0 Å². The fourth-order valence-electron chi connectivity index (χ4n) is 3.21. The maximum atomic E-state index is 12.4. The van der Waals surface area contributed by atoms with E-state index in [1.165, 1.54) is 6.33 Å². The maximum Gasteiger partial charge on any atom is 0.255 e. The number of nitrogens with two attached hydrogens (primary N) is 1. The SMILES string of the molecule is COc1cc2ncnc(NCc3ccc(C(=O)Nc4ccnc(N)c4)cc3)c2cc1OC. The third kappa shape index (κ3) is 4.51. The second kappa shape index (κ2) is 9.17. The van der Waals surface area contributed by atoms with Crippen LogP contribution < -0.4 is 25.8 Å². The lowest BCUT2D eigenvalue weighted by molar-refractivity contribution is 0.102. The highest BCUT2D eigenvalue weighted by Crippen LogP contribution is 2.33. The molecule has 2 aromatic heterocycles. The molecule has 2 heterocycles. The molecule has 0 radical (unpaired) electrons. The smallest absolute Gasteiger partial charge is 0.255 e. The lowest BCUT2D eigenvalue weighted by atomic mass is 10.1. The van der Waals surface area contributed by atoms with Crippen LogP contribution in [0.1, 0.15) is 15.9 Å². The zero-order chi connectivity index (χ0) is 22.5. The predicted octanol–water partition coefficient (Wildman–Crippen LogP) is 3.49. The fourth-order valence-corrected chi connectivity index (χ4v) is 3.21. The van der Waals surface area contributed by atoms with Gasteiger partial charge in [-0.3, -0.25) is 4.79 Å². The van der Waals surface area contributed by atoms with Gasteiger partial charge in [0.2, 0.25) is 0 Å². The van der Waals surface area contributed by atoms with Crippen LogP contribution in [0.15, 0.2) is 61.1 Å². The van der Waals surface area contributed by atoms with E-state index in [0.717, 1.165) is 16.5 Å². The molecular formula is C23H22N6O3. The molecule has 0 bridgehead atoms. The van der Waals surface area contributed by atoms with Gasteiger partial charge in [0.25, 0.3) is 5.91 Å². The molecule has 0 aliphatic rings. The number of nitrogens with one attached hydrogen (secondary N) is 2. The molecule has 0 atom stereocenters. The first-order chi connectivity index (χ1) is 15.6. The number of nitrogen functional groups attached to an aromatic ring is 1. The summed E-state index contributed by atoms with van der Waals surface area (Å²) in [6.45, 7) is 0.517. The first-order valence-electron chi connectivity index (χ1n) is 9.80. The van der Waals surface area contributed by atoms with Gasteiger partial charge >= 0.3 is 0 Å². The van der Waals surface area contributed by atoms with Crippen molar-refractivity contribution >= 4 is 34.1 Å². The summed E-state index contributed by atoms with van der Waals surface area (Å²) >= 11 is 0. The molecule has 0 saturated carbocycles. The second-order valence-corrected chi connectivity index (χ2v) is 6.92. The van der Waals surface area contributed by atoms with Gasteiger partial charge in [0.15, 0.2) is 11.5 Å². The first kappa shape index (κ1) is 20.9. The minimum atomic E-state index is -0.224. The molecule has 9 heteroatoms. The predicted molar refractivity (Wildman–Crippen MR) is 123 cm³/mol. The summed E-state index contributed by atoms with van der Waals surface area (Å²) in [5.41, 5.74) is 8.50. The number of hydrogen-bond donors (Lipinski definition) is 3. The van der Waals surface area contributed by atoms with E-state index in [1.54, 1.807) is 44.7 Å². The number of rotatable bonds is 7. The van der Waals surface area contributed by atoms with Gasteiger partial charge in [0.05, 0.1) is 19.7 Å². The van der Waals surface area contributed by atoms with Crippen LogP contribution >= 0.6 is 0 Å². The Bertz CT molecular complexity index is 1260. The molecule has 0 saturated heterocycles. The van der Waals surface area contributed by atoms with Crippen molar-refractivity contribution in [2.45, 2.75) is 6.54 Å². The Kier molecular flexibility index (Phi) is 5.98. The van der Waals surface area contributed by atoms with Crippen molar-refractivity contribution in [3.63, 3.8) is 0 Å². The monoisotopic (exact) mass is 430 g/mol. The van der Waals surface area contributed by atoms with E-state index in [0.29, 0.717) is 40.9 Å². The third-order valence-corrected chi connectivity index (χ3v) is 4.86. The minimum Gasteiger partial charge on any atom is -0.493 e. The van der Waals surface area contributed by atoms with Crippen LogP contribution in [0, 0.1) is 0 Å². The number of hydrogen-bond acceptors (Lipinski definition) is 8. The molecule has 0 spiro atoms. The standard InChI is InChI=1S/C23H22N6O3/c1-31-19-10-17-18(11-20(19)32-2)27-13-28-22(17)26-12-14-3-5-15(6-4-14)23(30)29-16-7-8-25-21(24)9-16/h3-11,13H,12H2,1-2H3,(H,26,27,28)(H3,24,25,29,30). The van der Waals surface area contributed by atoms with Crippen molar-refractivity contribution in [3.05, 3.63) is 72.2 Å². The Morgan fingerprint density at radius 1 is 0.969 bits per heavy atom. The molecule has 1 amide bonds. The van der Waals surface area contributed by atoms with E-state index < -0.39 is 0 Å². The number of pyridine rings is 1. The highest BCUT2D eigenvalue weighted by atomic mass is 16.5. The Labute approximate surface area is 184 Å². The van der Waals surface area contributed by atoms with Gasteiger partial charge in [-0.2, -0.15) is 0 Å². The van der Waals surface area contributed by atoms with E-state index in [4.69, 9.17) is 15.2 Å². The molecule has 4 N–H and O–H groups in total. The van der Waals surface area contributed by atoms with Gasteiger partial charge in [-0.15, -0.1) is 0 Å². The van der Waals surface area contributed by atoms with E-state index in [2.05, 4.69) is 25.6 Å². The summed E-state index contributed by atoms with van der Waals surface area (Å²) in [7, 11) is 3.17. The molecule has 0 aliphatic carbocycles. The van der Waals surface area contributed by atoms with Crippen LogP contribution in [0.25, 0.3) is 10.9 Å². The summed E-state index contributed by atoms with van der Waals surface area (Å²) in [5, 5.41) is 6.94. The summed E-state index contributed by atoms with van der Waals surface area (Å²) in [6.07, 6.45) is 3.04. The Hall–Kier alpha value is -4.40. The van der Waals surface area contributed by atoms with Gasteiger partial charge in [-0.1, -0.05) is 12.1 Å². The number of benzene rings is 2. The first-order valence-corrected chi connectivity index (χ1v) is 9.80. The second-order valence-electron chi connectivity index (χ2n) is 6.92. The zero-order valence-electron chi connectivity index (χ0n) is 17.6. The van der Waals surface area contributed by atoms with E-state index in [1.807, 2.05) is 24.3 Å². The third-order valence-electron chi connectivity index (χ3n) is 4.86. The summed E-state index contributed by atoms with van der Waals surface area (Å²) in [5.74, 6) is 2.00. The van der Waals surface area contributed by atoms with E-state index >= 15 is 0 Å². The number of aromatic nitrogens is 3. The highest BCUT2D eigenvalue weighted by molar-refractivity contribution is 6.04. The van der Waals surface area contributed by atoms with Crippen molar-refractivity contribution < 1.29 is 14.3 Å². The van der Waals surface area contributed by atoms with Gasteiger partial charge in [-0.05, 0) is 29.8 Å². The topological polar surface area (TPSA) is 124 Å². The molecule has 0 fully saturated rings. The highest BCUT2D eigenvalue weighted by Gasteiger charge is 2.11. The van der Waals surface area contributed by atoms with Crippen molar-refractivity contribution in [1.29, 1.82) is 0 Å². The number of anilines is 3. The van der Waals surface area contributed by atoms with Crippen molar-refractivity contribution in [2.75, 3.05) is 30.6 Å². The fraction of sp³-hybridized carbons (Fsp3) is 0.130. The van der Waals surface area contributed by atoms with Crippen molar-refractivity contribution in [1.82, 2.24) is 15.0 Å². The van der Waals surface area contributed by atoms with Crippen LogP contribution in [0.5, 0.6) is 11.5 Å². The molecule has 2 aromatic carbocycles. The largest absolute Gasteiger partial charge is 0.493 e. The number of methoxy groups -OCH3 is 2. The number of fused-ring (bicyclic) bond motifs is 1. The molecule has 0 unspecified atom stereocenters. The number of carbonyl (C=O) groups excluding carboxylic acids is 1. The summed E-state index contributed by atoms with van der Waals surface area (Å²) in [6, 6.07) is 14.2. The van der Waals surface area contributed by atoms with Crippen molar-refractivity contribution in [2.24, 2.45) is 0 Å². The number of amides is 1. The van der Waals surface area contributed by atoms with E-state index in [-0.39, 0.29) is 5.91 Å². The van der Waals surface area contributed by atoms with E-state index in [9.17, 15) is 4.79 Å². The van der Waals surface area contributed by atoms with Crippen LogP contribution in [-0.2, 0) is 6.54 Å². The number of carbonyl (C=O) groups is 1. The zero-order valence-corrected chi connectivity index (χ0v) is 17.6. The van der Waals surface area contributed by atoms with Gasteiger partial charge in [0, 0.05) is 41.5 Å². The molecule has 9 nitrogen and oxygen atoms in total. The molecular weight excluding hydrogens is 408 g/mol. The summed E-state index contributed by atoms with van der Waals surface area (Å²) in [4.78, 5) is 25.0. The number of nitrogens with zero attached hydrogens (tertiary/aromatic N) is 3. The van der Waals surface area contributed by atoms with Crippen LogP contribution in [0.3, 0.4) is 0 Å². The Morgan fingerprint density at radius 2 is 1.72 bits per heavy atom.